The Balaban J connectivity index is 2.06. The van der Waals surface area contributed by atoms with Gasteiger partial charge in [-0.15, -0.1) is 0 Å². The first-order chi connectivity index (χ1) is 8.91. The summed E-state index contributed by atoms with van der Waals surface area (Å²) >= 11 is 0. The zero-order valence-corrected chi connectivity index (χ0v) is 12.0. The number of rotatable bonds is 1. The first-order valence-corrected chi connectivity index (χ1v) is 7.21. The summed E-state index contributed by atoms with van der Waals surface area (Å²) in [5, 5.41) is 9.15. The van der Waals surface area contributed by atoms with Crippen molar-refractivity contribution in [2.24, 2.45) is 11.8 Å². The first-order valence-electron chi connectivity index (χ1n) is 7.21. The fraction of sp³-hybridized carbons (Fsp3) is 0.857. The molecule has 2 rings (SSSR count). The van der Waals surface area contributed by atoms with Crippen LogP contribution in [0, 0.1) is 11.8 Å². The van der Waals surface area contributed by atoms with Crippen LogP contribution in [-0.4, -0.2) is 52.1 Å². The Hall–Kier alpha value is -1.26. The molecule has 2 aliphatic heterocycles. The van der Waals surface area contributed by atoms with Crippen LogP contribution in [0.3, 0.4) is 0 Å². The molecule has 2 heterocycles. The van der Waals surface area contributed by atoms with Crippen LogP contribution in [0.25, 0.3) is 0 Å². The van der Waals surface area contributed by atoms with Crippen LogP contribution < -0.4 is 0 Å². The summed E-state index contributed by atoms with van der Waals surface area (Å²) in [5.41, 5.74) is 0. The van der Waals surface area contributed by atoms with Gasteiger partial charge < -0.3 is 14.9 Å². The molecular weight excluding hydrogens is 244 g/mol. The van der Waals surface area contributed by atoms with E-state index in [1.807, 2.05) is 11.8 Å². The van der Waals surface area contributed by atoms with Gasteiger partial charge in [-0.3, -0.25) is 4.79 Å². The number of aliphatic carboxylic acids is 1. The maximum atomic E-state index is 12.6. The number of piperidine rings is 1. The van der Waals surface area contributed by atoms with Crippen molar-refractivity contribution in [3.8, 4) is 0 Å². The number of nitrogens with zero attached hydrogens (tertiary/aromatic N) is 2. The van der Waals surface area contributed by atoms with Crippen LogP contribution in [0.1, 0.15) is 40.0 Å². The third-order valence-electron chi connectivity index (χ3n) is 4.61. The highest BCUT2D eigenvalue weighted by Gasteiger charge is 2.40. The lowest BCUT2D eigenvalue weighted by Gasteiger charge is -2.41. The molecule has 0 unspecified atom stereocenters. The molecule has 0 aliphatic carbocycles. The van der Waals surface area contributed by atoms with Crippen molar-refractivity contribution in [1.82, 2.24) is 9.80 Å². The molecule has 2 amide bonds. The molecule has 2 aliphatic rings. The minimum atomic E-state index is -0.789. The summed E-state index contributed by atoms with van der Waals surface area (Å²) in [6.45, 7) is 7.00. The highest BCUT2D eigenvalue weighted by atomic mass is 16.4. The Bertz CT molecular complexity index is 362. The fourth-order valence-electron chi connectivity index (χ4n) is 3.41. The van der Waals surface area contributed by atoms with E-state index in [-0.39, 0.29) is 24.0 Å². The number of hydrogen-bond acceptors (Lipinski definition) is 2. The van der Waals surface area contributed by atoms with E-state index in [1.165, 1.54) is 6.42 Å². The second kappa shape index (κ2) is 5.39. The van der Waals surface area contributed by atoms with E-state index in [4.69, 9.17) is 5.11 Å². The number of hydrogen-bond donors (Lipinski definition) is 1. The zero-order valence-electron chi connectivity index (χ0n) is 12.0. The predicted molar refractivity (Wildman–Crippen MR) is 71.9 cm³/mol. The fourth-order valence-corrected chi connectivity index (χ4v) is 3.41. The second-order valence-electron chi connectivity index (χ2n) is 6.15. The molecule has 4 atom stereocenters. The summed E-state index contributed by atoms with van der Waals surface area (Å²) in [5.74, 6) is -1.17. The summed E-state index contributed by atoms with van der Waals surface area (Å²) in [6.07, 6.45) is 3.25. The molecule has 2 saturated heterocycles. The van der Waals surface area contributed by atoms with E-state index in [0.717, 1.165) is 12.8 Å². The van der Waals surface area contributed by atoms with Gasteiger partial charge in [0.15, 0.2) is 0 Å². The Kier molecular flexibility index (Phi) is 4.02. The number of carbonyl (C=O) groups excluding carboxylic acids is 1. The van der Waals surface area contributed by atoms with Crippen LogP contribution in [0.5, 0.6) is 0 Å². The van der Waals surface area contributed by atoms with Crippen LogP contribution in [0.4, 0.5) is 4.79 Å². The summed E-state index contributed by atoms with van der Waals surface area (Å²) in [7, 11) is 0. The van der Waals surface area contributed by atoms with E-state index >= 15 is 0 Å². The number of carbonyl (C=O) groups is 2. The summed E-state index contributed by atoms with van der Waals surface area (Å²) in [6, 6.07) is 0.543. The molecule has 0 aromatic heterocycles. The second-order valence-corrected chi connectivity index (χ2v) is 6.15. The average molecular weight is 268 g/mol. The molecule has 0 bridgehead atoms. The Morgan fingerprint density at radius 3 is 2.11 bits per heavy atom. The monoisotopic (exact) mass is 268 g/mol. The van der Waals surface area contributed by atoms with Gasteiger partial charge in [-0.2, -0.15) is 0 Å². The molecule has 5 nitrogen and oxygen atoms in total. The lowest BCUT2D eigenvalue weighted by Crippen LogP contribution is -2.52. The molecule has 1 N–H and O–H groups in total. The molecule has 0 aromatic carbocycles. The normalized spacial score (nSPS) is 35.5. The third kappa shape index (κ3) is 2.69. The molecule has 108 valence electrons. The van der Waals surface area contributed by atoms with Crippen molar-refractivity contribution in [1.29, 1.82) is 0 Å². The zero-order chi connectivity index (χ0) is 14.2. The maximum absolute atomic E-state index is 12.6. The van der Waals surface area contributed by atoms with Crippen molar-refractivity contribution in [3.63, 3.8) is 0 Å². The topological polar surface area (TPSA) is 60.9 Å². The standard InChI is InChI=1S/C14H24N2O3/c1-9-7-15(8-12(9)13(17)18)14(19)16-10(2)5-4-6-11(16)3/h9-12H,4-8H2,1-3H3,(H,17,18)/t9-,10-,11+,12-/m1/s1. The van der Waals surface area contributed by atoms with Gasteiger partial charge in [-0.05, 0) is 39.0 Å². The lowest BCUT2D eigenvalue weighted by molar-refractivity contribution is -0.142. The van der Waals surface area contributed by atoms with Gasteiger partial charge in [-0.1, -0.05) is 6.92 Å². The third-order valence-corrected chi connectivity index (χ3v) is 4.61. The van der Waals surface area contributed by atoms with Gasteiger partial charge in [0.25, 0.3) is 0 Å². The largest absolute Gasteiger partial charge is 0.481 e. The highest BCUT2D eigenvalue weighted by Crippen LogP contribution is 2.28. The molecule has 5 heteroatoms. The van der Waals surface area contributed by atoms with Gasteiger partial charge in [0, 0.05) is 25.2 Å². The Labute approximate surface area is 114 Å². The van der Waals surface area contributed by atoms with Gasteiger partial charge in [0.2, 0.25) is 0 Å². The van der Waals surface area contributed by atoms with Crippen molar-refractivity contribution >= 4 is 12.0 Å². The molecule has 0 radical (unpaired) electrons. The Morgan fingerprint density at radius 2 is 1.63 bits per heavy atom. The van der Waals surface area contributed by atoms with Crippen molar-refractivity contribution < 1.29 is 14.7 Å². The SMILES string of the molecule is C[C@@H]1CN(C(=O)N2[C@H](C)CCC[C@@H]2C)C[C@H]1C(=O)O. The van der Waals surface area contributed by atoms with E-state index in [2.05, 4.69) is 13.8 Å². The Morgan fingerprint density at radius 1 is 1.05 bits per heavy atom. The molecule has 19 heavy (non-hydrogen) atoms. The molecule has 0 spiro atoms. The average Bonchev–Trinajstić information content (AvgIpc) is 2.71. The van der Waals surface area contributed by atoms with Gasteiger partial charge in [-0.25, -0.2) is 4.79 Å². The molecule has 0 aromatic rings. The van der Waals surface area contributed by atoms with E-state index in [1.54, 1.807) is 4.90 Å². The number of likely N-dealkylation sites (tertiary alicyclic amines) is 2. The van der Waals surface area contributed by atoms with Gasteiger partial charge in [0.05, 0.1) is 5.92 Å². The molecular formula is C14H24N2O3. The molecule has 2 fully saturated rings. The van der Waals surface area contributed by atoms with Crippen LogP contribution >= 0.6 is 0 Å². The lowest BCUT2D eigenvalue weighted by atomic mass is 9.98. The van der Waals surface area contributed by atoms with Gasteiger partial charge >= 0.3 is 12.0 Å². The van der Waals surface area contributed by atoms with E-state index < -0.39 is 11.9 Å². The first kappa shape index (κ1) is 14.2. The van der Waals surface area contributed by atoms with Crippen molar-refractivity contribution in [2.75, 3.05) is 13.1 Å². The quantitative estimate of drug-likeness (QED) is 0.791. The van der Waals surface area contributed by atoms with Gasteiger partial charge in [0.1, 0.15) is 0 Å². The number of urea groups is 1. The van der Waals surface area contributed by atoms with Crippen molar-refractivity contribution in [3.05, 3.63) is 0 Å². The van der Waals surface area contributed by atoms with E-state index in [9.17, 15) is 9.59 Å². The minimum Gasteiger partial charge on any atom is -0.481 e. The highest BCUT2D eigenvalue weighted by molar-refractivity contribution is 5.78. The van der Waals surface area contributed by atoms with Crippen molar-refractivity contribution in [2.45, 2.75) is 52.1 Å². The number of carboxylic acids is 1. The minimum absolute atomic E-state index is 0.0234. The maximum Gasteiger partial charge on any atom is 0.320 e. The van der Waals surface area contributed by atoms with Crippen LogP contribution in [0.15, 0.2) is 0 Å². The van der Waals surface area contributed by atoms with Crippen LogP contribution in [0.2, 0.25) is 0 Å². The smallest absolute Gasteiger partial charge is 0.320 e. The number of amides is 2. The summed E-state index contributed by atoms with van der Waals surface area (Å²) in [4.78, 5) is 27.4. The van der Waals surface area contributed by atoms with Crippen LogP contribution in [-0.2, 0) is 4.79 Å². The van der Waals surface area contributed by atoms with E-state index in [0.29, 0.717) is 13.1 Å². The predicted octanol–water partition coefficient (Wildman–Crippen LogP) is 2.02. The number of carboxylic acid groups (broad SMARTS) is 1. The molecule has 0 saturated carbocycles. The summed E-state index contributed by atoms with van der Waals surface area (Å²) < 4.78 is 0.